The van der Waals surface area contributed by atoms with Crippen molar-refractivity contribution in [3.05, 3.63) is 24.3 Å². The zero-order chi connectivity index (χ0) is 14.0. The van der Waals surface area contributed by atoms with Crippen LogP contribution in [0.5, 0.6) is 0 Å². The highest BCUT2D eigenvalue weighted by Crippen LogP contribution is 2.30. The molecular weight excluding hydrogens is 261 g/mol. The second-order valence-electron chi connectivity index (χ2n) is 4.16. The fourth-order valence-electron chi connectivity index (χ4n) is 1.84. The summed E-state index contributed by atoms with van der Waals surface area (Å²) >= 11 is 0. The Morgan fingerprint density at radius 1 is 1.32 bits per heavy atom. The maximum Gasteiger partial charge on any atom is 0.389 e. The molecule has 1 aliphatic rings. The number of nitrogens with zero attached hydrogens (tertiary/aromatic N) is 1. The average molecular weight is 272 g/mol. The Balaban J connectivity index is 2.16. The molecule has 1 aliphatic heterocycles. The molecule has 0 unspecified atom stereocenters. The predicted molar refractivity (Wildman–Crippen MR) is 62.7 cm³/mol. The number of carbonyl (C=O) groups is 2. The first-order chi connectivity index (χ1) is 8.87. The molecule has 1 aromatic rings. The van der Waals surface area contributed by atoms with Gasteiger partial charge in [0.05, 0.1) is 17.8 Å². The van der Waals surface area contributed by atoms with Gasteiger partial charge in [-0.25, -0.2) is 0 Å². The van der Waals surface area contributed by atoms with E-state index in [1.807, 2.05) is 0 Å². The predicted octanol–water partition coefficient (Wildman–Crippen LogP) is 2.31. The normalized spacial score (nSPS) is 14.9. The van der Waals surface area contributed by atoms with E-state index in [2.05, 4.69) is 5.32 Å². The summed E-state index contributed by atoms with van der Waals surface area (Å²) in [6, 6.07) is 6.50. The SMILES string of the molecule is O=C1CN(C(=O)CCC(F)(F)F)c2ccccc2N1. The van der Waals surface area contributed by atoms with E-state index in [1.54, 1.807) is 24.3 Å². The topological polar surface area (TPSA) is 49.4 Å². The number of nitrogens with one attached hydrogen (secondary N) is 1. The molecule has 7 heteroatoms. The number of hydrogen-bond acceptors (Lipinski definition) is 2. The van der Waals surface area contributed by atoms with Crippen LogP contribution in [-0.4, -0.2) is 24.5 Å². The van der Waals surface area contributed by atoms with Gasteiger partial charge in [-0.2, -0.15) is 13.2 Å². The third kappa shape index (κ3) is 3.24. The molecule has 0 saturated carbocycles. The maximum atomic E-state index is 12.1. The first-order valence-corrected chi connectivity index (χ1v) is 5.63. The van der Waals surface area contributed by atoms with Crippen LogP contribution >= 0.6 is 0 Å². The van der Waals surface area contributed by atoms with Crippen LogP contribution in [0.3, 0.4) is 0 Å². The number of hydrogen-bond donors (Lipinski definition) is 1. The second-order valence-corrected chi connectivity index (χ2v) is 4.16. The summed E-state index contributed by atoms with van der Waals surface area (Å²) in [6.07, 6.45) is -6.23. The zero-order valence-electron chi connectivity index (χ0n) is 9.83. The molecule has 0 aromatic heterocycles. The third-order valence-corrected chi connectivity index (χ3v) is 2.69. The highest BCUT2D eigenvalue weighted by atomic mass is 19.4. The molecule has 0 atom stereocenters. The van der Waals surface area contributed by atoms with Gasteiger partial charge in [-0.15, -0.1) is 0 Å². The largest absolute Gasteiger partial charge is 0.389 e. The molecule has 0 bridgehead atoms. The number of anilines is 2. The van der Waals surface area contributed by atoms with Gasteiger partial charge in [0.15, 0.2) is 0 Å². The van der Waals surface area contributed by atoms with Crippen molar-refractivity contribution in [3.8, 4) is 0 Å². The molecule has 1 heterocycles. The van der Waals surface area contributed by atoms with Crippen molar-refractivity contribution in [2.24, 2.45) is 0 Å². The van der Waals surface area contributed by atoms with Crippen LogP contribution in [0.4, 0.5) is 24.5 Å². The van der Waals surface area contributed by atoms with E-state index < -0.39 is 30.8 Å². The van der Waals surface area contributed by atoms with E-state index >= 15 is 0 Å². The molecule has 0 aliphatic carbocycles. The number of rotatable bonds is 2. The van der Waals surface area contributed by atoms with Gasteiger partial charge >= 0.3 is 6.18 Å². The van der Waals surface area contributed by atoms with Gasteiger partial charge in [0.1, 0.15) is 6.54 Å². The first kappa shape index (κ1) is 13.4. The summed E-state index contributed by atoms with van der Waals surface area (Å²) in [4.78, 5) is 24.3. The lowest BCUT2D eigenvalue weighted by Crippen LogP contribution is -2.42. The number of fused-ring (bicyclic) bond motifs is 1. The molecule has 2 amide bonds. The van der Waals surface area contributed by atoms with Crippen molar-refractivity contribution in [1.29, 1.82) is 0 Å². The molecule has 4 nitrogen and oxygen atoms in total. The highest BCUT2D eigenvalue weighted by molar-refractivity contribution is 6.09. The Morgan fingerprint density at radius 2 is 2.00 bits per heavy atom. The van der Waals surface area contributed by atoms with Gasteiger partial charge in [0, 0.05) is 6.42 Å². The van der Waals surface area contributed by atoms with Gasteiger partial charge in [0.2, 0.25) is 11.8 Å². The summed E-state index contributed by atoms with van der Waals surface area (Å²) in [5, 5.41) is 2.56. The highest BCUT2D eigenvalue weighted by Gasteiger charge is 2.31. The van der Waals surface area contributed by atoms with E-state index in [1.165, 1.54) is 0 Å². The number of amides is 2. The summed E-state index contributed by atoms with van der Waals surface area (Å²) in [5.41, 5.74) is 0.855. The Hall–Kier alpha value is -2.05. The minimum absolute atomic E-state index is 0.256. The van der Waals surface area contributed by atoms with Crippen LogP contribution in [0.1, 0.15) is 12.8 Å². The van der Waals surface area contributed by atoms with Gasteiger partial charge in [-0.3, -0.25) is 9.59 Å². The number of benzene rings is 1. The van der Waals surface area contributed by atoms with Crippen LogP contribution in [0.2, 0.25) is 0 Å². The maximum absolute atomic E-state index is 12.1. The summed E-state index contributed by atoms with van der Waals surface area (Å²) in [6.45, 7) is -0.256. The molecule has 0 fully saturated rings. The van der Waals surface area contributed by atoms with Crippen molar-refractivity contribution >= 4 is 23.2 Å². The molecule has 1 aromatic carbocycles. The average Bonchev–Trinajstić information content (AvgIpc) is 2.34. The lowest BCUT2D eigenvalue weighted by molar-refractivity contribution is -0.143. The minimum atomic E-state index is -4.38. The van der Waals surface area contributed by atoms with E-state index in [9.17, 15) is 22.8 Å². The van der Waals surface area contributed by atoms with E-state index in [4.69, 9.17) is 0 Å². The third-order valence-electron chi connectivity index (χ3n) is 2.69. The minimum Gasteiger partial charge on any atom is -0.323 e. The summed E-state index contributed by atoms with van der Waals surface area (Å²) in [5.74, 6) is -1.13. The fourth-order valence-corrected chi connectivity index (χ4v) is 1.84. The number of halogens is 3. The van der Waals surface area contributed by atoms with Crippen LogP contribution in [0.25, 0.3) is 0 Å². The standard InChI is InChI=1S/C12H11F3N2O2/c13-12(14,15)6-5-11(19)17-7-10(18)16-8-3-1-2-4-9(8)17/h1-4H,5-7H2,(H,16,18). The quantitative estimate of drug-likeness (QED) is 0.898. The smallest absolute Gasteiger partial charge is 0.323 e. The lowest BCUT2D eigenvalue weighted by Gasteiger charge is -2.29. The van der Waals surface area contributed by atoms with Gasteiger partial charge in [-0.1, -0.05) is 12.1 Å². The van der Waals surface area contributed by atoms with E-state index in [-0.39, 0.29) is 6.54 Å². The van der Waals surface area contributed by atoms with Crippen LogP contribution < -0.4 is 10.2 Å². The summed E-state index contributed by atoms with van der Waals surface area (Å²) in [7, 11) is 0. The Kier molecular flexibility index (Phi) is 3.46. The molecule has 2 rings (SSSR count). The fraction of sp³-hybridized carbons (Fsp3) is 0.333. The van der Waals surface area contributed by atoms with Gasteiger partial charge < -0.3 is 10.2 Å². The Labute approximate surface area is 107 Å². The van der Waals surface area contributed by atoms with Crippen molar-refractivity contribution < 1.29 is 22.8 Å². The van der Waals surface area contributed by atoms with Gasteiger partial charge in [0.25, 0.3) is 0 Å². The van der Waals surface area contributed by atoms with Gasteiger partial charge in [-0.05, 0) is 12.1 Å². The van der Waals surface area contributed by atoms with Crippen molar-refractivity contribution in [3.63, 3.8) is 0 Å². The Morgan fingerprint density at radius 3 is 2.68 bits per heavy atom. The molecule has 19 heavy (non-hydrogen) atoms. The van der Waals surface area contributed by atoms with Crippen LogP contribution in [0.15, 0.2) is 24.3 Å². The van der Waals surface area contributed by atoms with Crippen molar-refractivity contribution in [1.82, 2.24) is 0 Å². The van der Waals surface area contributed by atoms with Crippen LogP contribution in [-0.2, 0) is 9.59 Å². The monoisotopic (exact) mass is 272 g/mol. The molecular formula is C12H11F3N2O2. The zero-order valence-corrected chi connectivity index (χ0v) is 9.83. The van der Waals surface area contributed by atoms with Crippen molar-refractivity contribution in [2.75, 3.05) is 16.8 Å². The number of alkyl halides is 3. The summed E-state index contributed by atoms with van der Waals surface area (Å²) < 4.78 is 36.3. The second kappa shape index (κ2) is 4.91. The van der Waals surface area contributed by atoms with E-state index in [0.29, 0.717) is 11.4 Å². The molecule has 1 N–H and O–H groups in total. The number of carbonyl (C=O) groups excluding carboxylic acids is 2. The molecule has 0 radical (unpaired) electrons. The van der Waals surface area contributed by atoms with E-state index in [0.717, 1.165) is 4.90 Å². The first-order valence-electron chi connectivity index (χ1n) is 5.63. The molecule has 0 spiro atoms. The van der Waals surface area contributed by atoms with Crippen LogP contribution in [0, 0.1) is 0 Å². The lowest BCUT2D eigenvalue weighted by atomic mass is 10.1. The molecule has 0 saturated heterocycles. The molecule has 102 valence electrons. The van der Waals surface area contributed by atoms with Crippen molar-refractivity contribution in [2.45, 2.75) is 19.0 Å². The Bertz CT molecular complexity index is 514. The number of para-hydroxylation sites is 2.